The summed E-state index contributed by atoms with van der Waals surface area (Å²) in [7, 11) is 1.30. The van der Waals surface area contributed by atoms with Crippen LogP contribution in [0.5, 0.6) is 5.75 Å². The summed E-state index contributed by atoms with van der Waals surface area (Å²) in [4.78, 5) is 48.1. The maximum absolute atomic E-state index is 13.1. The Labute approximate surface area is 165 Å². The van der Waals surface area contributed by atoms with Gasteiger partial charge in [-0.1, -0.05) is 6.07 Å². The Morgan fingerprint density at radius 2 is 1.76 bits per heavy atom. The Bertz CT molecular complexity index is 964. The number of nitrogens with zero attached hydrogens (tertiary/aromatic N) is 2. The highest BCUT2D eigenvalue weighted by Crippen LogP contribution is 2.27. The normalized spacial score (nSPS) is 10.5. The maximum Gasteiger partial charge on any atom is 0.325 e. The summed E-state index contributed by atoms with van der Waals surface area (Å²) < 4.78 is 16.2. The lowest BCUT2D eigenvalue weighted by Crippen LogP contribution is -2.33. The quantitative estimate of drug-likeness (QED) is 0.283. The maximum atomic E-state index is 13.1. The molecule has 0 unspecified atom stereocenters. The van der Waals surface area contributed by atoms with Crippen LogP contribution in [0, 0.1) is 10.1 Å². The van der Waals surface area contributed by atoms with Crippen LogP contribution in [0.1, 0.15) is 25.3 Å². The topological polar surface area (TPSA) is 127 Å². The summed E-state index contributed by atoms with van der Waals surface area (Å²) >= 11 is 0. The van der Waals surface area contributed by atoms with Crippen molar-refractivity contribution in [3.05, 3.63) is 62.6 Å². The Kier molecular flexibility index (Phi) is 7.07. The number of carbonyl (C=O) groups excluding carboxylic acids is 2. The van der Waals surface area contributed by atoms with Gasteiger partial charge in [-0.2, -0.15) is 0 Å². The van der Waals surface area contributed by atoms with Crippen molar-refractivity contribution in [1.82, 2.24) is 4.57 Å². The number of methoxy groups -OCH3 is 1. The minimum Gasteiger partial charge on any atom is -0.494 e. The van der Waals surface area contributed by atoms with E-state index in [1.807, 2.05) is 0 Å². The van der Waals surface area contributed by atoms with Crippen molar-refractivity contribution >= 4 is 17.6 Å². The van der Waals surface area contributed by atoms with Crippen molar-refractivity contribution in [2.45, 2.75) is 19.8 Å². The van der Waals surface area contributed by atoms with Gasteiger partial charge in [-0.3, -0.25) is 29.1 Å². The number of carbonyl (C=O) groups is 2. The highest BCUT2D eigenvalue weighted by molar-refractivity contribution is 6.00. The van der Waals surface area contributed by atoms with E-state index >= 15 is 0 Å². The first-order chi connectivity index (χ1) is 13.8. The average molecular weight is 404 g/mol. The Hall–Kier alpha value is -3.69. The molecule has 0 spiro atoms. The number of rotatable bonds is 8. The molecule has 0 fully saturated rings. The highest BCUT2D eigenvalue weighted by atomic mass is 16.6. The molecule has 0 saturated carbocycles. The molecule has 1 aromatic heterocycles. The highest BCUT2D eigenvalue weighted by Gasteiger charge is 2.34. The van der Waals surface area contributed by atoms with Gasteiger partial charge in [-0.15, -0.1) is 0 Å². The van der Waals surface area contributed by atoms with Crippen LogP contribution < -0.4 is 10.3 Å². The zero-order chi connectivity index (χ0) is 21.6. The van der Waals surface area contributed by atoms with Gasteiger partial charge >= 0.3 is 11.9 Å². The predicted octanol–water partition coefficient (Wildman–Crippen LogP) is 1.96. The third kappa shape index (κ3) is 4.60. The van der Waals surface area contributed by atoms with Gasteiger partial charge in [0.1, 0.15) is 5.75 Å². The third-order valence-electron chi connectivity index (χ3n) is 3.97. The Balaban J connectivity index is 2.63. The molecule has 10 heteroatoms. The molecule has 1 aromatic carbocycles. The van der Waals surface area contributed by atoms with E-state index in [2.05, 4.69) is 0 Å². The fraction of sp³-hybridized carbons (Fsp3) is 0.316. The van der Waals surface area contributed by atoms with Gasteiger partial charge in [0, 0.05) is 17.8 Å². The first-order valence-electron chi connectivity index (χ1n) is 8.73. The van der Waals surface area contributed by atoms with Gasteiger partial charge in [-0.05, 0) is 26.0 Å². The average Bonchev–Trinajstić information content (AvgIpc) is 2.69. The number of esters is 2. The van der Waals surface area contributed by atoms with Crippen LogP contribution in [0.3, 0.4) is 0 Å². The van der Waals surface area contributed by atoms with E-state index in [4.69, 9.17) is 14.2 Å². The van der Waals surface area contributed by atoms with E-state index in [0.717, 1.165) is 4.57 Å². The van der Waals surface area contributed by atoms with Crippen LogP contribution in [0.2, 0.25) is 0 Å². The summed E-state index contributed by atoms with van der Waals surface area (Å²) in [5.41, 5.74) is -0.849. The molecule has 0 saturated heterocycles. The van der Waals surface area contributed by atoms with Crippen LogP contribution in [0.15, 0.2) is 41.3 Å². The first kappa shape index (κ1) is 21.6. The third-order valence-corrected chi connectivity index (χ3v) is 3.97. The van der Waals surface area contributed by atoms with Crippen molar-refractivity contribution in [1.29, 1.82) is 0 Å². The second kappa shape index (κ2) is 9.49. The molecule has 0 N–H and O–H groups in total. The molecule has 0 aliphatic carbocycles. The molecule has 2 rings (SSSR count). The summed E-state index contributed by atoms with van der Waals surface area (Å²) in [5, 5.41) is 11.0. The summed E-state index contributed by atoms with van der Waals surface area (Å²) in [6.45, 7) is 3.19. The van der Waals surface area contributed by atoms with Crippen molar-refractivity contribution in [3.8, 4) is 11.4 Å². The molecule has 0 bridgehead atoms. The van der Waals surface area contributed by atoms with E-state index in [9.17, 15) is 24.5 Å². The van der Waals surface area contributed by atoms with Crippen LogP contribution in [0.25, 0.3) is 5.69 Å². The van der Waals surface area contributed by atoms with Crippen molar-refractivity contribution < 1.29 is 28.7 Å². The standard InChI is InChI=1S/C19H20N2O8/c1-4-28-18(23)16(19(24)29-5-2)13-7-6-10-20(17(13)22)14-9-8-12(21(25)26)11-15(14)27-3/h6-11,16H,4-5H2,1-3H3. The van der Waals surface area contributed by atoms with Crippen LogP contribution in [0.4, 0.5) is 5.69 Å². The second-order valence-electron chi connectivity index (χ2n) is 5.69. The van der Waals surface area contributed by atoms with Crippen LogP contribution in [-0.2, 0) is 19.1 Å². The second-order valence-corrected chi connectivity index (χ2v) is 5.69. The van der Waals surface area contributed by atoms with Gasteiger partial charge in [0.25, 0.3) is 11.2 Å². The van der Waals surface area contributed by atoms with E-state index in [-0.39, 0.29) is 35.9 Å². The lowest BCUT2D eigenvalue weighted by molar-refractivity contribution is -0.384. The number of hydrogen-bond acceptors (Lipinski definition) is 8. The Morgan fingerprint density at radius 1 is 1.14 bits per heavy atom. The fourth-order valence-corrected chi connectivity index (χ4v) is 2.70. The molecule has 0 radical (unpaired) electrons. The number of ether oxygens (including phenoxy) is 3. The summed E-state index contributed by atoms with van der Waals surface area (Å²) in [5.74, 6) is -3.30. The van der Waals surface area contributed by atoms with E-state index in [1.54, 1.807) is 13.8 Å². The number of nitro benzene ring substituents is 1. The van der Waals surface area contributed by atoms with Crippen LogP contribution in [-0.4, -0.2) is 41.8 Å². The van der Waals surface area contributed by atoms with Crippen molar-refractivity contribution in [2.24, 2.45) is 0 Å². The smallest absolute Gasteiger partial charge is 0.325 e. The minimum atomic E-state index is -1.56. The van der Waals surface area contributed by atoms with Crippen molar-refractivity contribution in [3.63, 3.8) is 0 Å². The van der Waals surface area contributed by atoms with E-state index in [1.165, 1.54) is 43.6 Å². The lowest BCUT2D eigenvalue weighted by Gasteiger charge is -2.16. The molecule has 0 amide bonds. The van der Waals surface area contributed by atoms with E-state index in [0.29, 0.717) is 0 Å². The van der Waals surface area contributed by atoms with E-state index < -0.39 is 28.3 Å². The zero-order valence-electron chi connectivity index (χ0n) is 16.1. The van der Waals surface area contributed by atoms with Gasteiger partial charge in [0.15, 0.2) is 5.92 Å². The molecule has 29 heavy (non-hydrogen) atoms. The number of nitro groups is 1. The van der Waals surface area contributed by atoms with Gasteiger partial charge in [0.05, 0.1) is 37.0 Å². The molecule has 10 nitrogen and oxygen atoms in total. The monoisotopic (exact) mass is 404 g/mol. The van der Waals surface area contributed by atoms with Gasteiger partial charge in [0.2, 0.25) is 0 Å². The molecule has 0 atom stereocenters. The largest absolute Gasteiger partial charge is 0.494 e. The summed E-state index contributed by atoms with van der Waals surface area (Å²) in [6, 6.07) is 6.51. The Morgan fingerprint density at radius 3 is 2.28 bits per heavy atom. The predicted molar refractivity (Wildman–Crippen MR) is 101 cm³/mol. The zero-order valence-corrected chi connectivity index (χ0v) is 16.1. The van der Waals surface area contributed by atoms with Crippen molar-refractivity contribution in [2.75, 3.05) is 20.3 Å². The number of hydrogen-bond donors (Lipinski definition) is 0. The first-order valence-corrected chi connectivity index (χ1v) is 8.73. The van der Waals surface area contributed by atoms with Crippen LogP contribution >= 0.6 is 0 Å². The molecule has 1 heterocycles. The lowest BCUT2D eigenvalue weighted by atomic mass is 10.0. The number of non-ortho nitro benzene ring substituents is 1. The minimum absolute atomic E-state index is 0.0198. The number of aromatic nitrogens is 1. The molecule has 2 aromatic rings. The molecule has 0 aliphatic heterocycles. The van der Waals surface area contributed by atoms with Gasteiger partial charge < -0.3 is 14.2 Å². The fourth-order valence-electron chi connectivity index (χ4n) is 2.70. The molecule has 154 valence electrons. The molecule has 0 aliphatic rings. The van der Waals surface area contributed by atoms with Gasteiger partial charge in [-0.25, -0.2) is 0 Å². The number of pyridine rings is 1. The SMILES string of the molecule is CCOC(=O)C(C(=O)OCC)c1cccn(-c2ccc([N+](=O)[O-])cc2OC)c1=O. The summed E-state index contributed by atoms with van der Waals surface area (Å²) in [6.07, 6.45) is 1.39. The molecular weight excluding hydrogens is 384 g/mol. The molecular formula is C19H20N2O8. The number of benzene rings is 1.